The Morgan fingerprint density at radius 2 is 1.61 bits per heavy atom. The number of sulfonamides is 2. The molecule has 1 aliphatic carbocycles. The Kier molecular flexibility index (Phi) is 5.87. The van der Waals surface area contributed by atoms with Gasteiger partial charge in [0.2, 0.25) is 15.9 Å². The Balaban J connectivity index is 1.59. The van der Waals surface area contributed by atoms with Crippen molar-refractivity contribution >= 4 is 31.6 Å². The van der Waals surface area contributed by atoms with Gasteiger partial charge in [-0.3, -0.25) is 4.79 Å². The molecule has 1 amide bonds. The summed E-state index contributed by atoms with van der Waals surface area (Å²) in [5.74, 6) is -0.298. The molecule has 0 aromatic heterocycles. The average molecular weight is 423 g/mol. The molecule has 1 fully saturated rings. The van der Waals surface area contributed by atoms with Crippen molar-refractivity contribution in [2.24, 2.45) is 11.8 Å². The number of nitrogens with one attached hydrogen (secondary N) is 2. The third-order valence-electron chi connectivity index (χ3n) is 4.56. The lowest BCUT2D eigenvalue weighted by molar-refractivity contribution is -0.114. The minimum absolute atomic E-state index is 0.0463. The van der Waals surface area contributed by atoms with Gasteiger partial charge in [0, 0.05) is 12.6 Å². The smallest absolute Gasteiger partial charge is 0.253 e. The molecule has 150 valence electrons. The largest absolute Gasteiger partial charge is 0.326 e. The molecule has 3 rings (SSSR count). The van der Waals surface area contributed by atoms with Crippen LogP contribution in [-0.4, -0.2) is 28.5 Å². The summed E-state index contributed by atoms with van der Waals surface area (Å²) >= 11 is 0. The maximum Gasteiger partial charge on any atom is 0.253 e. The van der Waals surface area contributed by atoms with Crippen LogP contribution in [0.4, 0.5) is 5.69 Å². The summed E-state index contributed by atoms with van der Waals surface area (Å²) in [6, 6.07) is 15.1. The number of hydrogen-bond donors (Lipinski definition) is 2. The number of hydrogen-bond acceptors (Lipinski definition) is 5. The maximum atomic E-state index is 12.4. The molecule has 9 heteroatoms. The van der Waals surface area contributed by atoms with Crippen LogP contribution in [-0.2, 0) is 31.3 Å². The van der Waals surface area contributed by atoms with Crippen LogP contribution in [0.3, 0.4) is 0 Å². The SMILES string of the molecule is CC(=O)Nc1ccc(S(=O)(=O)NS(=O)(=O)CC2CC2Cc2ccccc2)cc1. The van der Waals surface area contributed by atoms with Crippen molar-refractivity contribution in [1.29, 1.82) is 0 Å². The molecular formula is C19H22N2O5S2. The molecule has 0 aliphatic heterocycles. The third kappa shape index (κ3) is 5.63. The van der Waals surface area contributed by atoms with Gasteiger partial charge in [0.25, 0.3) is 10.0 Å². The van der Waals surface area contributed by atoms with Crippen LogP contribution in [0.15, 0.2) is 59.5 Å². The molecule has 0 spiro atoms. The Morgan fingerprint density at radius 1 is 0.964 bits per heavy atom. The minimum atomic E-state index is -4.21. The van der Waals surface area contributed by atoms with Gasteiger partial charge in [0.15, 0.2) is 0 Å². The highest BCUT2D eigenvalue weighted by molar-refractivity contribution is 8.04. The molecule has 1 aliphatic rings. The fourth-order valence-corrected chi connectivity index (χ4v) is 6.59. The van der Waals surface area contributed by atoms with Crippen molar-refractivity contribution in [3.8, 4) is 0 Å². The van der Waals surface area contributed by atoms with Crippen LogP contribution in [0.1, 0.15) is 18.9 Å². The Morgan fingerprint density at radius 3 is 2.21 bits per heavy atom. The number of carbonyl (C=O) groups is 1. The number of amides is 1. The topological polar surface area (TPSA) is 109 Å². The predicted octanol–water partition coefficient (Wildman–Crippen LogP) is 2.13. The minimum Gasteiger partial charge on any atom is -0.326 e. The molecular weight excluding hydrogens is 400 g/mol. The van der Waals surface area contributed by atoms with E-state index in [0.29, 0.717) is 5.69 Å². The zero-order chi connectivity index (χ0) is 20.4. The lowest BCUT2D eigenvalue weighted by atomic mass is 10.1. The fraction of sp³-hybridized carbons (Fsp3) is 0.316. The first kappa shape index (κ1) is 20.5. The van der Waals surface area contributed by atoms with Crippen molar-refractivity contribution < 1.29 is 21.6 Å². The van der Waals surface area contributed by atoms with Crippen molar-refractivity contribution in [1.82, 2.24) is 4.13 Å². The number of benzene rings is 2. The van der Waals surface area contributed by atoms with E-state index in [9.17, 15) is 21.6 Å². The molecule has 0 bridgehead atoms. The van der Waals surface area contributed by atoms with Gasteiger partial charge in [-0.2, -0.15) is 0 Å². The van der Waals surface area contributed by atoms with E-state index in [-0.39, 0.29) is 28.4 Å². The predicted molar refractivity (Wildman–Crippen MR) is 107 cm³/mol. The first-order chi connectivity index (χ1) is 13.1. The Hall–Kier alpha value is -2.23. The van der Waals surface area contributed by atoms with Crippen molar-refractivity contribution in [3.05, 3.63) is 60.2 Å². The summed E-state index contributed by atoms with van der Waals surface area (Å²) < 4.78 is 51.2. The normalized spacial score (nSPS) is 19.2. The second-order valence-electron chi connectivity index (χ2n) is 7.02. The van der Waals surface area contributed by atoms with Gasteiger partial charge in [-0.1, -0.05) is 30.3 Å². The Bertz CT molecular complexity index is 1050. The second-order valence-corrected chi connectivity index (χ2v) is 10.7. The molecule has 0 radical (unpaired) electrons. The molecule has 2 N–H and O–H groups in total. The molecule has 2 atom stereocenters. The summed E-state index contributed by atoms with van der Waals surface area (Å²) in [4.78, 5) is 10.8. The average Bonchev–Trinajstić information content (AvgIpc) is 3.30. The number of rotatable bonds is 8. The highest BCUT2D eigenvalue weighted by Crippen LogP contribution is 2.41. The van der Waals surface area contributed by atoms with E-state index >= 15 is 0 Å². The highest BCUT2D eigenvalue weighted by atomic mass is 32.3. The quantitative estimate of drug-likeness (QED) is 0.677. The summed E-state index contributed by atoms with van der Waals surface area (Å²) in [6.07, 6.45) is 1.56. The molecule has 7 nitrogen and oxygen atoms in total. The van der Waals surface area contributed by atoms with Crippen molar-refractivity contribution in [3.63, 3.8) is 0 Å². The van der Waals surface area contributed by atoms with Gasteiger partial charge in [-0.15, -0.1) is 4.13 Å². The van der Waals surface area contributed by atoms with E-state index in [4.69, 9.17) is 0 Å². The first-order valence-electron chi connectivity index (χ1n) is 8.82. The van der Waals surface area contributed by atoms with Crippen molar-refractivity contribution in [2.45, 2.75) is 24.7 Å². The van der Waals surface area contributed by atoms with Crippen LogP contribution in [0.25, 0.3) is 0 Å². The molecule has 28 heavy (non-hydrogen) atoms. The fourth-order valence-electron chi connectivity index (χ4n) is 3.13. The summed E-state index contributed by atoms with van der Waals surface area (Å²) in [5.41, 5.74) is 1.57. The van der Waals surface area contributed by atoms with Gasteiger partial charge in [-0.05, 0) is 54.5 Å². The van der Waals surface area contributed by atoms with Crippen LogP contribution in [0.5, 0.6) is 0 Å². The van der Waals surface area contributed by atoms with E-state index in [1.54, 1.807) is 0 Å². The van der Waals surface area contributed by atoms with E-state index in [0.717, 1.165) is 18.4 Å². The Labute approximate surface area is 165 Å². The third-order valence-corrected chi connectivity index (χ3v) is 8.22. The van der Waals surface area contributed by atoms with Gasteiger partial charge in [-0.25, -0.2) is 16.8 Å². The van der Waals surface area contributed by atoms with Gasteiger partial charge in [0.1, 0.15) is 0 Å². The number of carbonyl (C=O) groups excluding carboxylic acids is 1. The molecule has 0 saturated heterocycles. The van der Waals surface area contributed by atoms with Gasteiger partial charge < -0.3 is 5.32 Å². The van der Waals surface area contributed by atoms with Crippen LogP contribution in [0, 0.1) is 11.8 Å². The van der Waals surface area contributed by atoms with Gasteiger partial charge >= 0.3 is 0 Å². The standard InChI is InChI=1S/C19H22N2O5S2/c1-14(22)20-18-7-9-19(10-8-18)28(25,26)21-27(23,24)13-17-12-16(17)11-15-5-3-2-4-6-15/h2-10,16-17,21H,11-13H2,1H3,(H,20,22). The lowest BCUT2D eigenvalue weighted by Crippen LogP contribution is -2.33. The molecule has 2 aromatic rings. The first-order valence-corrected chi connectivity index (χ1v) is 12.0. The summed E-state index contributed by atoms with van der Waals surface area (Å²) in [6.45, 7) is 1.34. The van der Waals surface area contributed by atoms with Crippen molar-refractivity contribution in [2.75, 3.05) is 11.1 Å². The van der Waals surface area contributed by atoms with E-state index in [2.05, 4.69) is 5.32 Å². The van der Waals surface area contributed by atoms with E-state index < -0.39 is 20.0 Å². The van der Waals surface area contributed by atoms with E-state index in [1.807, 2.05) is 34.5 Å². The molecule has 2 aromatic carbocycles. The van der Waals surface area contributed by atoms with Crippen LogP contribution < -0.4 is 9.44 Å². The molecule has 0 heterocycles. The van der Waals surface area contributed by atoms with E-state index in [1.165, 1.54) is 31.2 Å². The highest BCUT2D eigenvalue weighted by Gasteiger charge is 2.41. The number of anilines is 1. The zero-order valence-electron chi connectivity index (χ0n) is 15.3. The zero-order valence-corrected chi connectivity index (χ0v) is 17.0. The molecule has 2 unspecified atom stereocenters. The maximum absolute atomic E-state index is 12.4. The van der Waals surface area contributed by atoms with Crippen LogP contribution >= 0.6 is 0 Å². The summed E-state index contributed by atoms with van der Waals surface area (Å²) in [5, 5.41) is 2.52. The second kappa shape index (κ2) is 8.02. The summed E-state index contributed by atoms with van der Waals surface area (Å²) in [7, 11) is -8.19. The molecule has 1 saturated carbocycles. The van der Waals surface area contributed by atoms with Crippen LogP contribution in [0.2, 0.25) is 0 Å². The monoisotopic (exact) mass is 422 g/mol. The van der Waals surface area contributed by atoms with Gasteiger partial charge in [0.05, 0.1) is 10.6 Å². The lowest BCUT2D eigenvalue weighted by Gasteiger charge is -2.09.